The van der Waals surface area contributed by atoms with E-state index < -0.39 is 0 Å². The second-order valence-electron chi connectivity index (χ2n) is 6.97. The Morgan fingerprint density at radius 3 is 2.71 bits per heavy atom. The van der Waals surface area contributed by atoms with Crippen LogP contribution >= 0.6 is 11.3 Å². The first-order valence-electron chi connectivity index (χ1n) is 7.54. The SMILES string of the molecule is CC1CCCN(C(=O)c2sc(NC(C)(C)C)nc2N)C1C. The molecule has 1 aromatic heterocycles. The highest BCUT2D eigenvalue weighted by molar-refractivity contribution is 7.18. The molecule has 0 aromatic carbocycles. The first kappa shape index (κ1) is 16.1. The van der Waals surface area contributed by atoms with Crippen LogP contribution in [0.25, 0.3) is 0 Å². The van der Waals surface area contributed by atoms with Gasteiger partial charge in [0.05, 0.1) is 0 Å². The van der Waals surface area contributed by atoms with Crippen LogP contribution in [-0.2, 0) is 0 Å². The number of nitrogen functional groups attached to an aromatic ring is 1. The Bertz CT molecular complexity index is 520. The fraction of sp³-hybridized carbons (Fsp3) is 0.733. The van der Waals surface area contributed by atoms with Crippen molar-refractivity contribution in [3.8, 4) is 0 Å². The van der Waals surface area contributed by atoms with Gasteiger partial charge in [0.15, 0.2) is 5.13 Å². The lowest BCUT2D eigenvalue weighted by Gasteiger charge is -2.37. The Labute approximate surface area is 130 Å². The van der Waals surface area contributed by atoms with E-state index in [0.717, 1.165) is 13.0 Å². The molecule has 1 aliphatic rings. The van der Waals surface area contributed by atoms with Crippen molar-refractivity contribution in [1.29, 1.82) is 0 Å². The number of rotatable bonds is 2. The van der Waals surface area contributed by atoms with Crippen LogP contribution in [0.5, 0.6) is 0 Å². The maximum Gasteiger partial charge on any atom is 0.268 e. The molecule has 1 amide bonds. The van der Waals surface area contributed by atoms with Gasteiger partial charge in [-0.2, -0.15) is 0 Å². The summed E-state index contributed by atoms with van der Waals surface area (Å²) in [6.07, 6.45) is 2.24. The van der Waals surface area contributed by atoms with Crippen molar-refractivity contribution in [2.45, 2.75) is 59.0 Å². The molecule has 118 valence electrons. The van der Waals surface area contributed by atoms with Crippen molar-refractivity contribution in [2.24, 2.45) is 5.92 Å². The standard InChI is InChI=1S/C15H26N4OS/c1-9-7-6-8-19(10(9)2)13(20)11-12(16)17-14(21-11)18-15(3,4)5/h9-10H,6-8,16H2,1-5H3,(H,17,18). The van der Waals surface area contributed by atoms with Crippen molar-refractivity contribution < 1.29 is 4.79 Å². The van der Waals surface area contributed by atoms with Gasteiger partial charge >= 0.3 is 0 Å². The van der Waals surface area contributed by atoms with E-state index in [0.29, 0.717) is 21.7 Å². The van der Waals surface area contributed by atoms with Crippen molar-refractivity contribution in [3.05, 3.63) is 4.88 Å². The van der Waals surface area contributed by atoms with Crippen LogP contribution in [0.15, 0.2) is 0 Å². The van der Waals surface area contributed by atoms with Crippen molar-refractivity contribution in [1.82, 2.24) is 9.88 Å². The molecule has 0 radical (unpaired) electrons. The van der Waals surface area contributed by atoms with E-state index >= 15 is 0 Å². The molecule has 2 heterocycles. The number of hydrogen-bond donors (Lipinski definition) is 2. The summed E-state index contributed by atoms with van der Waals surface area (Å²) in [6.45, 7) is 11.3. The topological polar surface area (TPSA) is 71.2 Å². The minimum absolute atomic E-state index is 0.0195. The zero-order valence-corrected chi connectivity index (χ0v) is 14.4. The van der Waals surface area contributed by atoms with Gasteiger partial charge in [-0.1, -0.05) is 18.3 Å². The molecule has 0 saturated carbocycles. The minimum Gasteiger partial charge on any atom is -0.382 e. The van der Waals surface area contributed by atoms with E-state index in [2.05, 4.69) is 44.9 Å². The molecule has 1 aliphatic heterocycles. The smallest absolute Gasteiger partial charge is 0.268 e. The minimum atomic E-state index is -0.0997. The number of piperidine rings is 1. The highest BCUT2D eigenvalue weighted by Crippen LogP contribution is 2.31. The number of carbonyl (C=O) groups is 1. The van der Waals surface area contributed by atoms with Crippen LogP contribution in [0.2, 0.25) is 0 Å². The number of hydrogen-bond acceptors (Lipinski definition) is 5. The van der Waals surface area contributed by atoms with Gasteiger partial charge < -0.3 is 16.0 Å². The predicted octanol–water partition coefficient (Wildman–Crippen LogP) is 3.20. The lowest BCUT2D eigenvalue weighted by Crippen LogP contribution is -2.45. The van der Waals surface area contributed by atoms with Gasteiger partial charge in [0, 0.05) is 18.1 Å². The van der Waals surface area contributed by atoms with Crippen LogP contribution < -0.4 is 11.1 Å². The summed E-state index contributed by atoms with van der Waals surface area (Å²) in [5.74, 6) is 0.886. The summed E-state index contributed by atoms with van der Waals surface area (Å²) in [5.41, 5.74) is 5.86. The van der Waals surface area contributed by atoms with Gasteiger partial charge in [-0.3, -0.25) is 4.79 Å². The molecule has 2 unspecified atom stereocenters. The highest BCUT2D eigenvalue weighted by atomic mass is 32.1. The summed E-state index contributed by atoms with van der Waals surface area (Å²) in [7, 11) is 0. The van der Waals surface area contributed by atoms with Crippen molar-refractivity contribution in [3.63, 3.8) is 0 Å². The molecular weight excluding hydrogens is 284 g/mol. The molecule has 1 fully saturated rings. The second-order valence-corrected chi connectivity index (χ2v) is 7.97. The number of anilines is 2. The van der Waals surface area contributed by atoms with Crippen molar-refractivity contribution in [2.75, 3.05) is 17.6 Å². The zero-order chi connectivity index (χ0) is 15.8. The highest BCUT2D eigenvalue weighted by Gasteiger charge is 2.31. The molecule has 2 rings (SSSR count). The Morgan fingerprint density at radius 1 is 1.43 bits per heavy atom. The summed E-state index contributed by atoms with van der Waals surface area (Å²) in [6, 6.07) is 0.256. The molecular formula is C15H26N4OS. The van der Waals surface area contributed by atoms with Crippen LogP contribution in [0, 0.1) is 5.92 Å². The Kier molecular flexibility index (Phi) is 4.46. The Balaban J connectivity index is 2.19. The normalized spacial score (nSPS) is 23.2. The largest absolute Gasteiger partial charge is 0.382 e. The molecule has 6 heteroatoms. The number of thiazole rings is 1. The third kappa shape index (κ3) is 3.67. The van der Waals surface area contributed by atoms with Gasteiger partial charge in [0.2, 0.25) is 0 Å². The second kappa shape index (κ2) is 5.83. The fourth-order valence-corrected chi connectivity index (χ4v) is 3.66. The maximum atomic E-state index is 12.7. The van der Waals surface area contributed by atoms with E-state index in [1.54, 1.807) is 0 Å². The molecule has 0 aliphatic carbocycles. The van der Waals surface area contributed by atoms with Crippen LogP contribution in [0.4, 0.5) is 10.9 Å². The summed E-state index contributed by atoms with van der Waals surface area (Å²) in [5, 5.41) is 3.99. The number of carbonyl (C=O) groups excluding carboxylic acids is 1. The van der Waals surface area contributed by atoms with E-state index in [1.807, 2.05) is 4.90 Å². The quantitative estimate of drug-likeness (QED) is 0.880. The molecule has 0 spiro atoms. The number of likely N-dealkylation sites (tertiary alicyclic amines) is 1. The summed E-state index contributed by atoms with van der Waals surface area (Å²) >= 11 is 1.35. The lowest BCUT2D eigenvalue weighted by atomic mass is 9.92. The Morgan fingerprint density at radius 2 is 2.10 bits per heavy atom. The van der Waals surface area contributed by atoms with Crippen LogP contribution in [-0.4, -0.2) is 33.9 Å². The zero-order valence-electron chi connectivity index (χ0n) is 13.6. The molecule has 1 saturated heterocycles. The maximum absolute atomic E-state index is 12.7. The van der Waals surface area contributed by atoms with Gasteiger partial charge in [0.1, 0.15) is 10.7 Å². The number of nitrogens with zero attached hydrogens (tertiary/aromatic N) is 2. The molecule has 21 heavy (non-hydrogen) atoms. The number of amides is 1. The lowest BCUT2D eigenvalue weighted by molar-refractivity contribution is 0.0557. The molecule has 0 bridgehead atoms. The predicted molar refractivity (Wildman–Crippen MR) is 88.8 cm³/mol. The number of nitrogens with two attached hydrogens (primary N) is 1. The average molecular weight is 310 g/mol. The van der Waals surface area contributed by atoms with Crippen LogP contribution in [0.1, 0.15) is 57.1 Å². The third-order valence-corrected chi connectivity index (χ3v) is 4.94. The van der Waals surface area contributed by atoms with E-state index in [1.165, 1.54) is 17.8 Å². The number of aromatic nitrogens is 1. The first-order chi connectivity index (χ1) is 9.69. The summed E-state index contributed by atoms with van der Waals surface area (Å²) in [4.78, 5) is 19.5. The fourth-order valence-electron chi connectivity index (χ4n) is 2.61. The van der Waals surface area contributed by atoms with Gasteiger partial charge in [-0.25, -0.2) is 4.98 Å². The van der Waals surface area contributed by atoms with Gasteiger partial charge in [-0.15, -0.1) is 0 Å². The Hall–Kier alpha value is -1.30. The molecule has 1 aromatic rings. The molecule has 3 N–H and O–H groups in total. The van der Waals surface area contributed by atoms with Gasteiger partial charge in [-0.05, 0) is 46.5 Å². The molecule has 2 atom stereocenters. The number of nitrogens with one attached hydrogen (secondary N) is 1. The van der Waals surface area contributed by atoms with E-state index in [9.17, 15) is 4.79 Å². The van der Waals surface area contributed by atoms with E-state index in [4.69, 9.17) is 5.73 Å². The third-order valence-electron chi connectivity index (χ3n) is 3.96. The average Bonchev–Trinajstić information content (AvgIpc) is 2.70. The first-order valence-corrected chi connectivity index (χ1v) is 8.36. The van der Waals surface area contributed by atoms with Crippen molar-refractivity contribution >= 4 is 28.2 Å². The monoisotopic (exact) mass is 310 g/mol. The van der Waals surface area contributed by atoms with E-state index in [-0.39, 0.29) is 17.5 Å². The van der Waals surface area contributed by atoms with Crippen LogP contribution in [0.3, 0.4) is 0 Å². The molecule has 5 nitrogen and oxygen atoms in total. The van der Waals surface area contributed by atoms with Gasteiger partial charge in [0.25, 0.3) is 5.91 Å². The summed E-state index contributed by atoms with van der Waals surface area (Å²) < 4.78 is 0.